The second kappa shape index (κ2) is 2.92. The summed E-state index contributed by atoms with van der Waals surface area (Å²) < 4.78 is 4.61. The van der Waals surface area contributed by atoms with E-state index in [2.05, 4.69) is 10.1 Å². The molecule has 3 nitrogen and oxygen atoms in total. The van der Waals surface area contributed by atoms with Gasteiger partial charge in [0.15, 0.2) is 0 Å². The second-order valence-electron chi connectivity index (χ2n) is 1.92. The fourth-order valence-corrected chi connectivity index (χ4v) is 0.977. The van der Waals surface area contributed by atoms with E-state index in [1.54, 1.807) is 0 Å². The van der Waals surface area contributed by atoms with Crippen LogP contribution in [-0.2, 0) is 4.74 Å². The Hall–Kier alpha value is -0.440. The number of halogens is 1. The number of hydrogen-bond acceptors (Lipinski definition) is 2. The van der Waals surface area contributed by atoms with Gasteiger partial charge in [0.1, 0.15) is 6.61 Å². The highest BCUT2D eigenvalue weighted by Crippen LogP contribution is 2.02. The van der Waals surface area contributed by atoms with Crippen molar-refractivity contribution < 1.29 is 9.53 Å². The number of carbonyl (C=O) groups excluding carboxylic acids is 1. The number of carbonyl (C=O) groups is 1. The van der Waals surface area contributed by atoms with E-state index < -0.39 is 0 Å². The fourth-order valence-electron chi connectivity index (χ4n) is 0.713. The lowest BCUT2D eigenvalue weighted by Gasteiger charge is -2.00. The molecule has 0 saturated carbocycles. The van der Waals surface area contributed by atoms with Gasteiger partial charge in [0, 0.05) is 5.88 Å². The molecule has 0 bridgehead atoms. The molecule has 52 valence electrons. The zero-order chi connectivity index (χ0) is 6.69. The van der Waals surface area contributed by atoms with Crippen molar-refractivity contribution in [1.29, 1.82) is 0 Å². The third-order valence-corrected chi connectivity index (χ3v) is 1.41. The van der Waals surface area contributed by atoms with Gasteiger partial charge in [-0.1, -0.05) is 0 Å². The van der Waals surface area contributed by atoms with Gasteiger partial charge in [-0.3, -0.25) is 0 Å². The van der Waals surface area contributed by atoms with Crippen LogP contribution < -0.4 is 5.32 Å². The first-order chi connectivity index (χ1) is 4.33. The van der Waals surface area contributed by atoms with Crippen LogP contribution in [0.25, 0.3) is 0 Å². The van der Waals surface area contributed by atoms with Crippen molar-refractivity contribution in [2.45, 2.75) is 12.5 Å². The predicted molar refractivity (Wildman–Crippen MR) is 33.6 cm³/mol. The fraction of sp³-hybridized carbons (Fsp3) is 0.800. The average molecular weight is 150 g/mol. The van der Waals surface area contributed by atoms with Crippen LogP contribution in [0.4, 0.5) is 4.79 Å². The minimum atomic E-state index is -0.329. The molecule has 0 aromatic carbocycles. The number of cyclic esters (lactones) is 1. The van der Waals surface area contributed by atoms with Gasteiger partial charge in [-0.2, -0.15) is 0 Å². The SMILES string of the molecule is O=C1NC(CCCl)CO1. The van der Waals surface area contributed by atoms with Crippen molar-refractivity contribution in [2.24, 2.45) is 0 Å². The normalized spacial score (nSPS) is 25.4. The standard InChI is InChI=1S/C5H8ClNO2/c6-2-1-4-3-9-5(8)7-4/h4H,1-3H2,(H,7,8). The Bertz CT molecular complexity index is 118. The third kappa shape index (κ3) is 1.75. The highest BCUT2D eigenvalue weighted by molar-refractivity contribution is 6.17. The third-order valence-electron chi connectivity index (χ3n) is 1.20. The molecule has 1 heterocycles. The van der Waals surface area contributed by atoms with E-state index in [9.17, 15) is 4.79 Å². The molecular formula is C5H8ClNO2. The van der Waals surface area contributed by atoms with Gasteiger partial charge in [-0.05, 0) is 6.42 Å². The largest absolute Gasteiger partial charge is 0.447 e. The van der Waals surface area contributed by atoms with Crippen LogP contribution in [-0.4, -0.2) is 24.6 Å². The van der Waals surface area contributed by atoms with Gasteiger partial charge < -0.3 is 10.1 Å². The minimum Gasteiger partial charge on any atom is -0.447 e. The maximum atomic E-state index is 10.4. The van der Waals surface area contributed by atoms with Gasteiger partial charge in [0.05, 0.1) is 6.04 Å². The zero-order valence-corrected chi connectivity index (χ0v) is 5.65. The molecule has 1 aliphatic heterocycles. The van der Waals surface area contributed by atoms with E-state index in [0.29, 0.717) is 12.5 Å². The van der Waals surface area contributed by atoms with E-state index >= 15 is 0 Å². The number of rotatable bonds is 2. The molecule has 9 heavy (non-hydrogen) atoms. The Morgan fingerprint density at radius 3 is 3.11 bits per heavy atom. The summed E-state index contributed by atoms with van der Waals surface area (Å²) >= 11 is 5.42. The summed E-state index contributed by atoms with van der Waals surface area (Å²) in [5, 5.41) is 2.61. The lowest BCUT2D eigenvalue weighted by atomic mass is 10.2. The molecule has 1 N–H and O–H groups in total. The smallest absolute Gasteiger partial charge is 0.407 e. The Balaban J connectivity index is 2.22. The lowest BCUT2D eigenvalue weighted by Crippen LogP contribution is -2.26. The number of nitrogens with one attached hydrogen (secondary N) is 1. The minimum absolute atomic E-state index is 0.134. The summed E-state index contributed by atoms with van der Waals surface area (Å²) in [4.78, 5) is 10.4. The van der Waals surface area contributed by atoms with Crippen molar-refractivity contribution in [3.05, 3.63) is 0 Å². The van der Waals surface area contributed by atoms with E-state index in [1.165, 1.54) is 0 Å². The summed E-state index contributed by atoms with van der Waals surface area (Å²) in [6.45, 7) is 0.464. The molecule has 1 amide bonds. The molecular weight excluding hydrogens is 142 g/mol. The van der Waals surface area contributed by atoms with Crippen LogP contribution in [0, 0.1) is 0 Å². The first kappa shape index (κ1) is 6.68. The summed E-state index contributed by atoms with van der Waals surface area (Å²) in [7, 11) is 0. The first-order valence-corrected chi connectivity index (χ1v) is 3.35. The molecule has 0 radical (unpaired) electrons. The Morgan fingerprint density at radius 1 is 1.89 bits per heavy atom. The topological polar surface area (TPSA) is 38.3 Å². The molecule has 1 aliphatic rings. The molecule has 1 unspecified atom stereocenters. The van der Waals surface area contributed by atoms with Gasteiger partial charge >= 0.3 is 6.09 Å². The van der Waals surface area contributed by atoms with Crippen LogP contribution in [0.3, 0.4) is 0 Å². The maximum Gasteiger partial charge on any atom is 0.407 e. The average Bonchev–Trinajstić information content (AvgIpc) is 2.17. The van der Waals surface area contributed by atoms with Gasteiger partial charge in [-0.15, -0.1) is 11.6 Å². The van der Waals surface area contributed by atoms with Crippen LogP contribution in [0.1, 0.15) is 6.42 Å². The van der Waals surface area contributed by atoms with Crippen molar-refractivity contribution in [3.63, 3.8) is 0 Å². The van der Waals surface area contributed by atoms with Crippen LogP contribution in [0.15, 0.2) is 0 Å². The Labute approximate surface area is 58.3 Å². The number of amides is 1. The summed E-state index contributed by atoms with van der Waals surface area (Å²) in [5.41, 5.74) is 0. The van der Waals surface area contributed by atoms with Crippen LogP contribution in [0.2, 0.25) is 0 Å². The Morgan fingerprint density at radius 2 is 2.67 bits per heavy atom. The lowest BCUT2D eigenvalue weighted by molar-refractivity contribution is 0.176. The van der Waals surface area contributed by atoms with Crippen molar-refractivity contribution >= 4 is 17.7 Å². The van der Waals surface area contributed by atoms with E-state index in [4.69, 9.17) is 11.6 Å². The van der Waals surface area contributed by atoms with Crippen LogP contribution >= 0.6 is 11.6 Å². The van der Waals surface area contributed by atoms with Gasteiger partial charge in [0.2, 0.25) is 0 Å². The van der Waals surface area contributed by atoms with Gasteiger partial charge in [-0.25, -0.2) is 4.79 Å². The highest BCUT2D eigenvalue weighted by Gasteiger charge is 2.20. The molecule has 1 fully saturated rings. The zero-order valence-electron chi connectivity index (χ0n) is 4.89. The molecule has 0 aromatic heterocycles. The summed E-state index contributed by atoms with van der Waals surface area (Å²) in [6.07, 6.45) is 0.456. The number of alkyl carbamates (subject to hydrolysis) is 1. The molecule has 4 heteroatoms. The van der Waals surface area contributed by atoms with E-state index in [-0.39, 0.29) is 12.1 Å². The number of alkyl halides is 1. The van der Waals surface area contributed by atoms with Crippen LogP contribution in [0.5, 0.6) is 0 Å². The second-order valence-corrected chi connectivity index (χ2v) is 2.30. The Kier molecular flexibility index (Phi) is 2.16. The van der Waals surface area contributed by atoms with Crippen molar-refractivity contribution in [3.8, 4) is 0 Å². The highest BCUT2D eigenvalue weighted by atomic mass is 35.5. The molecule has 1 saturated heterocycles. The first-order valence-electron chi connectivity index (χ1n) is 2.82. The monoisotopic (exact) mass is 149 g/mol. The van der Waals surface area contributed by atoms with Crippen molar-refractivity contribution in [2.75, 3.05) is 12.5 Å². The van der Waals surface area contributed by atoms with Crippen molar-refractivity contribution in [1.82, 2.24) is 5.32 Å². The van der Waals surface area contributed by atoms with E-state index in [0.717, 1.165) is 6.42 Å². The molecule has 1 rings (SSSR count). The maximum absolute atomic E-state index is 10.4. The summed E-state index contributed by atoms with van der Waals surface area (Å²) in [6, 6.07) is 0.134. The quantitative estimate of drug-likeness (QED) is 0.588. The molecule has 1 atom stereocenters. The number of hydrogen-bond donors (Lipinski definition) is 1. The van der Waals surface area contributed by atoms with Gasteiger partial charge in [0.25, 0.3) is 0 Å². The summed E-state index contributed by atoms with van der Waals surface area (Å²) in [5.74, 6) is 0.564. The molecule has 0 aromatic rings. The number of ether oxygens (including phenoxy) is 1. The molecule has 0 aliphatic carbocycles. The molecule has 0 spiro atoms. The van der Waals surface area contributed by atoms with E-state index in [1.807, 2.05) is 0 Å². The predicted octanol–water partition coefficient (Wildman–Crippen LogP) is 0.724.